The zero-order valence-corrected chi connectivity index (χ0v) is 23.9. The maximum absolute atomic E-state index is 14.0. The van der Waals surface area contributed by atoms with E-state index in [0.717, 1.165) is 4.90 Å². The number of benzene rings is 3. The van der Waals surface area contributed by atoms with E-state index in [-0.39, 0.29) is 25.1 Å². The van der Waals surface area contributed by atoms with Crippen molar-refractivity contribution in [1.82, 2.24) is 14.9 Å². The van der Waals surface area contributed by atoms with Crippen molar-refractivity contribution in [3.8, 4) is 5.75 Å². The van der Waals surface area contributed by atoms with Gasteiger partial charge in [-0.25, -0.2) is 24.4 Å². The summed E-state index contributed by atoms with van der Waals surface area (Å²) in [4.78, 5) is 54.4. The molecule has 43 heavy (non-hydrogen) atoms. The minimum absolute atomic E-state index is 0.0267. The van der Waals surface area contributed by atoms with Gasteiger partial charge in [-0.1, -0.05) is 36.4 Å². The average molecular weight is 583 g/mol. The fraction of sp³-hybridized carbons (Fsp3) is 0.194. The Bertz CT molecular complexity index is 1580. The van der Waals surface area contributed by atoms with Crippen molar-refractivity contribution < 1.29 is 28.6 Å². The van der Waals surface area contributed by atoms with E-state index in [4.69, 9.17) is 19.2 Å². The molecule has 2 heterocycles. The number of likely N-dealkylation sites (N-methyl/N-ethyl adjacent to an activating group) is 1. The average Bonchev–Trinajstić information content (AvgIpc) is 3.01. The number of para-hydroxylation sites is 2. The van der Waals surface area contributed by atoms with Gasteiger partial charge in [-0.3, -0.25) is 14.6 Å². The number of hydrogen-bond donors (Lipinski definition) is 0. The zero-order chi connectivity index (χ0) is 30.3. The molecule has 220 valence electrons. The van der Waals surface area contributed by atoms with Crippen molar-refractivity contribution in [3.05, 3.63) is 96.7 Å². The van der Waals surface area contributed by atoms with Crippen LogP contribution < -0.4 is 19.4 Å². The summed E-state index contributed by atoms with van der Waals surface area (Å²) >= 11 is 0. The third-order valence-electron chi connectivity index (χ3n) is 6.43. The van der Waals surface area contributed by atoms with Crippen LogP contribution in [-0.2, 0) is 20.8 Å². The van der Waals surface area contributed by atoms with Crippen LogP contribution in [0.2, 0.25) is 0 Å². The summed E-state index contributed by atoms with van der Waals surface area (Å²) in [6.07, 6.45) is 0.716. The first-order valence-corrected chi connectivity index (χ1v) is 13.3. The van der Waals surface area contributed by atoms with E-state index in [2.05, 4.69) is 4.98 Å². The summed E-state index contributed by atoms with van der Waals surface area (Å²) in [5.74, 6) is 0.410. The number of methoxy groups -OCH3 is 1. The molecule has 0 saturated heterocycles. The van der Waals surface area contributed by atoms with Crippen molar-refractivity contribution in [2.24, 2.45) is 0 Å². The second-order valence-corrected chi connectivity index (χ2v) is 9.71. The number of ether oxygens (including phenoxy) is 3. The molecule has 12 nitrogen and oxygen atoms in total. The predicted octanol–water partition coefficient (Wildman–Crippen LogP) is 5.10. The molecule has 1 aliphatic rings. The summed E-state index contributed by atoms with van der Waals surface area (Å²) in [5, 5.41) is 0. The van der Waals surface area contributed by atoms with E-state index in [0.29, 0.717) is 34.2 Å². The van der Waals surface area contributed by atoms with E-state index in [1.807, 2.05) is 18.2 Å². The first-order chi connectivity index (χ1) is 20.9. The second-order valence-electron chi connectivity index (χ2n) is 9.71. The van der Waals surface area contributed by atoms with Crippen LogP contribution in [0.5, 0.6) is 5.75 Å². The van der Waals surface area contributed by atoms with E-state index >= 15 is 0 Å². The molecule has 0 spiro atoms. The van der Waals surface area contributed by atoms with Gasteiger partial charge in [-0.2, -0.15) is 4.98 Å². The topological polar surface area (TPSA) is 118 Å². The summed E-state index contributed by atoms with van der Waals surface area (Å²) in [6, 6.07) is 24.6. The Hall–Kier alpha value is -5.49. The van der Waals surface area contributed by atoms with Crippen LogP contribution >= 0.6 is 0 Å². The van der Waals surface area contributed by atoms with Crippen LogP contribution in [0, 0.1) is 0 Å². The first-order valence-electron chi connectivity index (χ1n) is 13.3. The predicted molar refractivity (Wildman–Crippen MR) is 160 cm³/mol. The first kappa shape index (κ1) is 29.0. The number of fused-ring (bicyclic) bond motifs is 1. The molecule has 1 aromatic heterocycles. The number of carbonyl (C=O) groups is 3. The number of rotatable bonds is 9. The summed E-state index contributed by atoms with van der Waals surface area (Å²) in [6.45, 7) is -0.363. The van der Waals surface area contributed by atoms with E-state index in [9.17, 15) is 14.4 Å². The van der Waals surface area contributed by atoms with Crippen molar-refractivity contribution >= 4 is 46.9 Å². The molecule has 12 heteroatoms. The molecular weight excluding hydrogens is 552 g/mol. The van der Waals surface area contributed by atoms with E-state index < -0.39 is 18.9 Å². The lowest BCUT2D eigenvalue weighted by atomic mass is 10.1. The highest BCUT2D eigenvalue weighted by Crippen LogP contribution is 2.37. The number of nitrogens with zero attached hydrogens (tertiary/aromatic N) is 6. The fourth-order valence-corrected chi connectivity index (χ4v) is 4.42. The quantitative estimate of drug-likeness (QED) is 0.196. The summed E-state index contributed by atoms with van der Waals surface area (Å²) < 4.78 is 15.6. The highest BCUT2D eigenvalue weighted by molar-refractivity contribution is 6.10. The lowest BCUT2D eigenvalue weighted by Crippen LogP contribution is -2.45. The van der Waals surface area contributed by atoms with Crippen molar-refractivity contribution in [2.75, 3.05) is 49.2 Å². The number of amides is 3. The van der Waals surface area contributed by atoms with E-state index in [1.165, 1.54) is 4.90 Å². The molecule has 3 aromatic carbocycles. The van der Waals surface area contributed by atoms with Crippen LogP contribution in [0.15, 0.2) is 91.1 Å². The molecule has 0 saturated carbocycles. The smallest absolute Gasteiger partial charge is 0.424 e. The summed E-state index contributed by atoms with van der Waals surface area (Å²) in [5.41, 5.74) is 2.32. The van der Waals surface area contributed by atoms with Crippen molar-refractivity contribution in [2.45, 2.75) is 6.54 Å². The number of carbonyl (C=O) groups excluding carboxylic acids is 3. The van der Waals surface area contributed by atoms with Crippen LogP contribution in [0.1, 0.15) is 5.56 Å². The molecule has 0 radical (unpaired) electrons. The highest BCUT2D eigenvalue weighted by atomic mass is 16.7. The van der Waals surface area contributed by atoms with Gasteiger partial charge < -0.3 is 14.2 Å². The van der Waals surface area contributed by atoms with Crippen LogP contribution in [-0.4, -0.2) is 67.5 Å². The van der Waals surface area contributed by atoms with Gasteiger partial charge in [-0.15, -0.1) is 0 Å². The molecule has 0 atom stereocenters. The fourth-order valence-electron chi connectivity index (χ4n) is 4.42. The Labute approximate surface area is 248 Å². The summed E-state index contributed by atoms with van der Waals surface area (Å²) in [7, 11) is 5.02. The van der Waals surface area contributed by atoms with Gasteiger partial charge >= 0.3 is 18.1 Å². The number of anilines is 5. The SMILES string of the molecule is COc1ccc(N2Cc3cnc(N(C(=O)OCOC(=O)CN(C)C)c4ccccc4)nc3N(c3ccccc3)C2=O)cc1. The number of esters is 1. The van der Waals surface area contributed by atoms with Crippen LogP contribution in [0.4, 0.5) is 38.4 Å². The van der Waals surface area contributed by atoms with Crippen LogP contribution in [0.3, 0.4) is 0 Å². The molecule has 1 aliphatic heterocycles. The molecule has 5 rings (SSSR count). The number of aromatic nitrogens is 2. The Morgan fingerprint density at radius 1 is 0.884 bits per heavy atom. The maximum Gasteiger partial charge on any atom is 0.424 e. The Balaban J connectivity index is 1.51. The molecule has 4 aromatic rings. The molecule has 0 N–H and O–H groups in total. The molecule has 0 unspecified atom stereocenters. The number of hydrogen-bond acceptors (Lipinski definition) is 9. The minimum atomic E-state index is -0.864. The third-order valence-corrected chi connectivity index (χ3v) is 6.43. The normalized spacial score (nSPS) is 12.5. The maximum atomic E-state index is 14.0. The van der Waals surface area contributed by atoms with Gasteiger partial charge in [0, 0.05) is 17.4 Å². The third kappa shape index (κ3) is 6.54. The molecule has 0 aliphatic carbocycles. The zero-order valence-electron chi connectivity index (χ0n) is 23.9. The van der Waals surface area contributed by atoms with Gasteiger partial charge in [0.25, 0.3) is 0 Å². The van der Waals surface area contributed by atoms with E-state index in [1.54, 1.807) is 104 Å². The molecular formula is C31H30N6O6. The standard InChI is InChI=1S/C31H30N6O6/c1-34(2)20-27(38)42-21-43-31(40)37(25-12-8-5-9-13-25)29-32-18-22-19-35(23-14-16-26(41-3)17-15-23)30(39)36(28(22)33-29)24-10-6-4-7-11-24/h4-18H,19-21H2,1-3H3. The lowest BCUT2D eigenvalue weighted by molar-refractivity contribution is -0.152. The van der Waals surface area contributed by atoms with Gasteiger partial charge in [0.15, 0.2) is 5.82 Å². The molecule has 3 amide bonds. The van der Waals surface area contributed by atoms with Gasteiger partial charge in [0.1, 0.15) is 5.75 Å². The largest absolute Gasteiger partial charge is 0.497 e. The Kier molecular flexibility index (Phi) is 8.77. The van der Waals surface area contributed by atoms with Crippen LogP contribution in [0.25, 0.3) is 0 Å². The van der Waals surface area contributed by atoms with Crippen molar-refractivity contribution in [1.29, 1.82) is 0 Å². The molecule has 0 fully saturated rings. The monoisotopic (exact) mass is 582 g/mol. The molecule has 0 bridgehead atoms. The lowest BCUT2D eigenvalue weighted by Gasteiger charge is -2.36. The van der Waals surface area contributed by atoms with Gasteiger partial charge in [0.2, 0.25) is 12.7 Å². The van der Waals surface area contributed by atoms with Crippen molar-refractivity contribution in [3.63, 3.8) is 0 Å². The highest BCUT2D eigenvalue weighted by Gasteiger charge is 2.35. The van der Waals surface area contributed by atoms with Gasteiger partial charge in [0.05, 0.1) is 31.6 Å². The Morgan fingerprint density at radius 3 is 2.21 bits per heavy atom. The Morgan fingerprint density at radius 2 is 1.56 bits per heavy atom. The number of urea groups is 1. The van der Waals surface area contributed by atoms with Gasteiger partial charge in [-0.05, 0) is 62.6 Å². The minimum Gasteiger partial charge on any atom is -0.497 e. The second kappa shape index (κ2) is 13.0.